The summed E-state index contributed by atoms with van der Waals surface area (Å²) in [4.78, 5) is 0.122. The number of benzene rings is 1. The Morgan fingerprint density at radius 2 is 2.32 bits per heavy atom. The Labute approximate surface area is 117 Å². The zero-order chi connectivity index (χ0) is 13.9. The summed E-state index contributed by atoms with van der Waals surface area (Å²) >= 11 is 5.92. The van der Waals surface area contributed by atoms with Gasteiger partial charge < -0.3 is 9.47 Å². The lowest BCUT2D eigenvalue weighted by atomic mass is 10.2. The highest BCUT2D eigenvalue weighted by Crippen LogP contribution is 2.26. The first-order valence-corrected chi connectivity index (χ1v) is 7.84. The fourth-order valence-electron chi connectivity index (χ4n) is 1.91. The van der Waals surface area contributed by atoms with Gasteiger partial charge in [-0.2, -0.15) is 0 Å². The number of halogens is 1. The van der Waals surface area contributed by atoms with E-state index in [-0.39, 0.29) is 22.6 Å². The lowest BCUT2D eigenvalue weighted by Crippen LogP contribution is -2.31. The normalized spacial score (nSPS) is 19.6. The van der Waals surface area contributed by atoms with Gasteiger partial charge in [-0.05, 0) is 31.0 Å². The summed E-state index contributed by atoms with van der Waals surface area (Å²) in [5.74, 6) is 0.444. The van der Waals surface area contributed by atoms with Crippen LogP contribution in [0.25, 0.3) is 0 Å². The van der Waals surface area contributed by atoms with Crippen LogP contribution < -0.4 is 9.46 Å². The molecule has 1 aliphatic heterocycles. The van der Waals surface area contributed by atoms with Gasteiger partial charge in [-0.1, -0.05) is 11.6 Å². The van der Waals surface area contributed by atoms with Crippen LogP contribution in [-0.4, -0.2) is 34.8 Å². The lowest BCUT2D eigenvalue weighted by molar-refractivity contribution is 0.114. The van der Waals surface area contributed by atoms with E-state index in [0.717, 1.165) is 12.8 Å². The molecule has 1 N–H and O–H groups in total. The van der Waals surface area contributed by atoms with Crippen LogP contribution in [0.2, 0.25) is 5.02 Å². The summed E-state index contributed by atoms with van der Waals surface area (Å²) in [6.07, 6.45) is 1.82. The van der Waals surface area contributed by atoms with Gasteiger partial charge >= 0.3 is 0 Å². The maximum Gasteiger partial charge on any atom is 0.240 e. The van der Waals surface area contributed by atoms with Crippen molar-refractivity contribution in [3.05, 3.63) is 23.2 Å². The second-order valence-corrected chi connectivity index (χ2v) is 6.46. The Bertz CT molecular complexity index is 541. The summed E-state index contributed by atoms with van der Waals surface area (Å²) in [7, 11) is -2.09. The fourth-order valence-corrected chi connectivity index (χ4v) is 3.32. The molecular formula is C12H16ClNO4S. The summed E-state index contributed by atoms with van der Waals surface area (Å²) in [5, 5.41) is 0.266. The first-order valence-electron chi connectivity index (χ1n) is 5.98. The first-order chi connectivity index (χ1) is 9.03. The standard InChI is InChI=1S/C12H16ClNO4S/c1-17-12-5-4-10(7-11(12)13)19(15,16)14-8-9-3-2-6-18-9/h4-5,7,9,14H,2-3,6,8H2,1H3/t9-/m0/s1. The highest BCUT2D eigenvalue weighted by atomic mass is 35.5. The molecule has 0 aliphatic carbocycles. The third-order valence-electron chi connectivity index (χ3n) is 2.96. The van der Waals surface area contributed by atoms with Gasteiger partial charge in [0.1, 0.15) is 5.75 Å². The SMILES string of the molecule is COc1ccc(S(=O)(=O)NC[C@@H]2CCCO2)cc1Cl. The fraction of sp³-hybridized carbons (Fsp3) is 0.500. The molecule has 5 nitrogen and oxygen atoms in total. The number of ether oxygens (including phenoxy) is 2. The van der Waals surface area contributed by atoms with E-state index in [2.05, 4.69) is 4.72 Å². The Kier molecular flexibility index (Phi) is 4.67. The molecule has 1 aliphatic rings. The van der Waals surface area contributed by atoms with Gasteiger partial charge in [-0.15, -0.1) is 0 Å². The zero-order valence-corrected chi connectivity index (χ0v) is 12.1. The molecule has 0 unspecified atom stereocenters. The molecule has 1 fully saturated rings. The summed E-state index contributed by atoms with van der Waals surface area (Å²) in [6.45, 7) is 0.979. The number of hydrogen-bond donors (Lipinski definition) is 1. The van der Waals surface area contributed by atoms with E-state index in [1.165, 1.54) is 25.3 Å². The molecule has 0 amide bonds. The molecule has 106 valence electrons. The van der Waals surface area contributed by atoms with Crippen LogP contribution in [-0.2, 0) is 14.8 Å². The smallest absolute Gasteiger partial charge is 0.240 e. The predicted molar refractivity (Wildman–Crippen MR) is 72.2 cm³/mol. The van der Waals surface area contributed by atoms with Gasteiger partial charge in [0.2, 0.25) is 10.0 Å². The molecule has 0 aromatic heterocycles. The van der Waals surface area contributed by atoms with Crippen LogP contribution in [0.15, 0.2) is 23.1 Å². The van der Waals surface area contributed by atoms with Crippen molar-refractivity contribution >= 4 is 21.6 Å². The van der Waals surface area contributed by atoms with Crippen LogP contribution in [0.1, 0.15) is 12.8 Å². The average molecular weight is 306 g/mol. The molecule has 1 aromatic carbocycles. The molecule has 0 saturated carbocycles. The Morgan fingerprint density at radius 1 is 1.53 bits per heavy atom. The number of nitrogens with one attached hydrogen (secondary N) is 1. The Morgan fingerprint density at radius 3 is 2.89 bits per heavy atom. The highest BCUT2D eigenvalue weighted by molar-refractivity contribution is 7.89. The Hall–Kier alpha value is -0.820. The van der Waals surface area contributed by atoms with Crippen molar-refractivity contribution in [2.24, 2.45) is 0 Å². The Balaban J connectivity index is 2.08. The molecule has 1 heterocycles. The van der Waals surface area contributed by atoms with Crippen molar-refractivity contribution in [3.8, 4) is 5.75 Å². The average Bonchev–Trinajstić information content (AvgIpc) is 2.89. The van der Waals surface area contributed by atoms with Crippen molar-refractivity contribution < 1.29 is 17.9 Å². The van der Waals surface area contributed by atoms with Crippen LogP contribution in [0.5, 0.6) is 5.75 Å². The van der Waals surface area contributed by atoms with Gasteiger partial charge in [-0.3, -0.25) is 0 Å². The second kappa shape index (κ2) is 6.09. The van der Waals surface area contributed by atoms with Gasteiger partial charge in [0, 0.05) is 13.2 Å². The number of methoxy groups -OCH3 is 1. The van der Waals surface area contributed by atoms with Gasteiger partial charge in [-0.25, -0.2) is 13.1 Å². The molecular weight excluding hydrogens is 290 g/mol. The molecule has 7 heteroatoms. The third-order valence-corrected chi connectivity index (χ3v) is 4.68. The number of rotatable bonds is 5. The molecule has 1 aromatic rings. The summed E-state index contributed by atoms with van der Waals surface area (Å²) in [6, 6.07) is 4.36. The van der Waals surface area contributed by atoms with E-state index in [1.54, 1.807) is 0 Å². The summed E-state index contributed by atoms with van der Waals surface area (Å²) in [5.41, 5.74) is 0. The topological polar surface area (TPSA) is 64.6 Å². The maximum absolute atomic E-state index is 12.1. The lowest BCUT2D eigenvalue weighted by Gasteiger charge is -2.12. The van der Waals surface area contributed by atoms with E-state index in [1.807, 2.05) is 0 Å². The van der Waals surface area contributed by atoms with Crippen molar-refractivity contribution in [1.29, 1.82) is 0 Å². The van der Waals surface area contributed by atoms with Crippen molar-refractivity contribution in [3.63, 3.8) is 0 Å². The number of hydrogen-bond acceptors (Lipinski definition) is 4. The minimum atomic E-state index is -3.57. The maximum atomic E-state index is 12.1. The van der Waals surface area contributed by atoms with Crippen molar-refractivity contribution in [2.75, 3.05) is 20.3 Å². The number of sulfonamides is 1. The van der Waals surface area contributed by atoms with Gasteiger partial charge in [0.05, 0.1) is 23.1 Å². The molecule has 19 heavy (non-hydrogen) atoms. The molecule has 0 bridgehead atoms. The first kappa shape index (κ1) is 14.6. The van der Waals surface area contributed by atoms with E-state index in [0.29, 0.717) is 12.4 Å². The van der Waals surface area contributed by atoms with Crippen LogP contribution in [0.4, 0.5) is 0 Å². The molecule has 0 spiro atoms. The largest absolute Gasteiger partial charge is 0.495 e. The quantitative estimate of drug-likeness (QED) is 0.901. The predicted octanol–water partition coefficient (Wildman–Crippen LogP) is 1.81. The second-order valence-electron chi connectivity index (χ2n) is 4.28. The summed E-state index contributed by atoms with van der Waals surface area (Å²) < 4.78 is 37.0. The molecule has 1 atom stereocenters. The van der Waals surface area contributed by atoms with E-state index in [9.17, 15) is 8.42 Å². The molecule has 0 radical (unpaired) electrons. The van der Waals surface area contributed by atoms with Crippen LogP contribution in [0.3, 0.4) is 0 Å². The van der Waals surface area contributed by atoms with E-state index >= 15 is 0 Å². The van der Waals surface area contributed by atoms with Crippen molar-refractivity contribution in [1.82, 2.24) is 4.72 Å². The van der Waals surface area contributed by atoms with Crippen LogP contribution >= 0.6 is 11.6 Å². The van der Waals surface area contributed by atoms with Gasteiger partial charge in [0.25, 0.3) is 0 Å². The monoisotopic (exact) mass is 305 g/mol. The van der Waals surface area contributed by atoms with E-state index < -0.39 is 10.0 Å². The highest BCUT2D eigenvalue weighted by Gasteiger charge is 2.20. The van der Waals surface area contributed by atoms with Gasteiger partial charge in [0.15, 0.2) is 0 Å². The minimum Gasteiger partial charge on any atom is -0.495 e. The van der Waals surface area contributed by atoms with Crippen molar-refractivity contribution in [2.45, 2.75) is 23.8 Å². The zero-order valence-electron chi connectivity index (χ0n) is 10.6. The van der Waals surface area contributed by atoms with Crippen LogP contribution in [0, 0.1) is 0 Å². The molecule has 1 saturated heterocycles. The minimum absolute atomic E-state index is 0.0384. The third kappa shape index (κ3) is 3.60. The molecule has 2 rings (SSSR count). The van der Waals surface area contributed by atoms with E-state index in [4.69, 9.17) is 21.1 Å².